The van der Waals surface area contributed by atoms with Crippen molar-refractivity contribution in [3.63, 3.8) is 0 Å². The number of amides is 1. The summed E-state index contributed by atoms with van der Waals surface area (Å²) in [5.41, 5.74) is 0.789. The maximum Gasteiger partial charge on any atom is 0.296 e. The molecule has 0 radical (unpaired) electrons. The van der Waals surface area contributed by atoms with E-state index in [2.05, 4.69) is 27.0 Å². The van der Waals surface area contributed by atoms with Crippen LogP contribution >= 0.6 is 11.3 Å². The van der Waals surface area contributed by atoms with Gasteiger partial charge in [0.05, 0.1) is 7.11 Å². The molecule has 1 unspecified atom stereocenters. The highest BCUT2D eigenvalue weighted by Gasteiger charge is 2.25. The summed E-state index contributed by atoms with van der Waals surface area (Å²) in [7, 11) is 1.62. The van der Waals surface area contributed by atoms with Crippen molar-refractivity contribution in [1.82, 2.24) is 10.3 Å². The zero-order valence-corrected chi connectivity index (χ0v) is 14.5. The van der Waals surface area contributed by atoms with Crippen LogP contribution in [0.3, 0.4) is 0 Å². The number of benzene rings is 1. The van der Waals surface area contributed by atoms with Crippen LogP contribution in [0.15, 0.2) is 30.5 Å². The maximum absolute atomic E-state index is 12.0. The molecule has 1 amide bonds. The molecule has 1 atom stereocenters. The Hall–Kier alpha value is -2.52. The average Bonchev–Trinajstić information content (AvgIpc) is 3.22. The molecule has 0 saturated carbocycles. The van der Waals surface area contributed by atoms with Crippen molar-refractivity contribution in [3.8, 4) is 17.6 Å². The third kappa shape index (κ3) is 4.06. The lowest BCUT2D eigenvalue weighted by Crippen LogP contribution is -2.36. The van der Waals surface area contributed by atoms with E-state index in [1.807, 2.05) is 37.4 Å². The zero-order chi connectivity index (χ0) is 16.9. The Balaban J connectivity index is 1.53. The Morgan fingerprint density at radius 3 is 2.88 bits per heavy atom. The molecule has 6 heteroatoms. The monoisotopic (exact) mass is 341 g/mol. The summed E-state index contributed by atoms with van der Waals surface area (Å²) in [6.45, 7) is 3.73. The second-order valence-corrected chi connectivity index (χ2v) is 6.85. The number of nitrogens with one attached hydrogen (secondary N) is 1. The number of rotatable bonds is 3. The second-order valence-electron chi connectivity index (χ2n) is 5.64. The third-order valence-electron chi connectivity index (χ3n) is 3.81. The van der Waals surface area contributed by atoms with Crippen LogP contribution in [-0.4, -0.2) is 37.1 Å². The highest BCUT2D eigenvalue weighted by atomic mass is 32.1. The van der Waals surface area contributed by atoms with Gasteiger partial charge in [0.1, 0.15) is 5.75 Å². The number of hydrogen-bond acceptors (Lipinski definition) is 5. The first-order valence-electron chi connectivity index (χ1n) is 7.78. The third-order valence-corrected chi connectivity index (χ3v) is 4.79. The van der Waals surface area contributed by atoms with Crippen LogP contribution in [0.2, 0.25) is 0 Å². The topological polar surface area (TPSA) is 54.5 Å². The number of aromatic nitrogens is 1. The van der Waals surface area contributed by atoms with Gasteiger partial charge in [-0.25, -0.2) is 4.98 Å². The normalized spacial score (nSPS) is 16.4. The number of carbonyl (C=O) groups excluding carboxylic acids is 1. The molecule has 1 aromatic heterocycles. The van der Waals surface area contributed by atoms with Crippen molar-refractivity contribution in [2.75, 3.05) is 25.1 Å². The standard InChI is InChI=1S/C18H19N3O2S/c1-13-11-19-18(24-13)21-10-9-15(12-21)20-17(22)8-5-14-3-6-16(23-2)7-4-14/h3-4,6-7,11,15H,9-10,12H2,1-2H3,(H,20,22). The van der Waals surface area contributed by atoms with Gasteiger partial charge in [-0.1, -0.05) is 5.92 Å². The van der Waals surface area contributed by atoms with Crippen LogP contribution in [0.4, 0.5) is 5.13 Å². The Morgan fingerprint density at radius 2 is 2.21 bits per heavy atom. The summed E-state index contributed by atoms with van der Waals surface area (Å²) in [6.07, 6.45) is 2.79. The molecule has 0 bridgehead atoms. The SMILES string of the molecule is COc1ccc(C#CC(=O)NC2CCN(c3ncc(C)s3)C2)cc1. The second kappa shape index (κ2) is 7.37. The summed E-state index contributed by atoms with van der Waals surface area (Å²) < 4.78 is 5.10. The van der Waals surface area contributed by atoms with Gasteiger partial charge in [-0.05, 0) is 37.6 Å². The number of carbonyl (C=O) groups is 1. The Bertz CT molecular complexity index is 774. The number of anilines is 1. The summed E-state index contributed by atoms with van der Waals surface area (Å²) in [6, 6.07) is 7.44. The molecule has 3 rings (SSSR count). The fourth-order valence-electron chi connectivity index (χ4n) is 2.57. The van der Waals surface area contributed by atoms with Crippen molar-refractivity contribution in [1.29, 1.82) is 0 Å². The van der Waals surface area contributed by atoms with Crippen molar-refractivity contribution in [3.05, 3.63) is 40.9 Å². The lowest BCUT2D eigenvalue weighted by atomic mass is 10.2. The van der Waals surface area contributed by atoms with E-state index >= 15 is 0 Å². The molecule has 0 spiro atoms. The molecule has 1 aromatic carbocycles. The van der Waals surface area contributed by atoms with E-state index in [0.29, 0.717) is 0 Å². The predicted molar refractivity (Wildman–Crippen MR) is 95.5 cm³/mol. The minimum Gasteiger partial charge on any atom is -0.497 e. The highest BCUT2D eigenvalue weighted by Crippen LogP contribution is 2.25. The lowest BCUT2D eigenvalue weighted by Gasteiger charge is -2.14. The molecular formula is C18H19N3O2S. The minimum atomic E-state index is -0.243. The molecule has 2 heterocycles. The van der Waals surface area contributed by atoms with E-state index < -0.39 is 0 Å². The van der Waals surface area contributed by atoms with Gasteiger partial charge in [-0.2, -0.15) is 0 Å². The van der Waals surface area contributed by atoms with Crippen LogP contribution in [0.25, 0.3) is 0 Å². The largest absolute Gasteiger partial charge is 0.497 e. The Kier molecular flexibility index (Phi) is 5.02. The van der Waals surface area contributed by atoms with E-state index in [-0.39, 0.29) is 11.9 Å². The van der Waals surface area contributed by atoms with E-state index in [1.54, 1.807) is 18.4 Å². The molecule has 124 valence electrons. The average molecular weight is 341 g/mol. The van der Waals surface area contributed by atoms with Crippen molar-refractivity contribution in [2.45, 2.75) is 19.4 Å². The molecule has 1 saturated heterocycles. The number of hydrogen-bond donors (Lipinski definition) is 1. The van der Waals surface area contributed by atoms with Gasteiger partial charge in [0.25, 0.3) is 5.91 Å². The van der Waals surface area contributed by atoms with Gasteiger partial charge in [0.15, 0.2) is 5.13 Å². The fourth-order valence-corrected chi connectivity index (χ4v) is 3.36. The van der Waals surface area contributed by atoms with Crippen LogP contribution in [-0.2, 0) is 4.79 Å². The number of methoxy groups -OCH3 is 1. The highest BCUT2D eigenvalue weighted by molar-refractivity contribution is 7.15. The first-order valence-corrected chi connectivity index (χ1v) is 8.59. The number of nitrogens with zero attached hydrogens (tertiary/aromatic N) is 2. The Morgan fingerprint density at radius 1 is 1.42 bits per heavy atom. The molecule has 1 aliphatic rings. The zero-order valence-electron chi connectivity index (χ0n) is 13.7. The van der Waals surface area contributed by atoms with Crippen LogP contribution < -0.4 is 15.0 Å². The number of aryl methyl sites for hydroxylation is 1. The molecule has 2 aromatic rings. The van der Waals surface area contributed by atoms with E-state index in [0.717, 1.165) is 36.0 Å². The molecule has 1 fully saturated rings. The summed E-state index contributed by atoms with van der Waals surface area (Å²) in [4.78, 5) is 19.8. The molecular weight excluding hydrogens is 322 g/mol. The number of thiazole rings is 1. The van der Waals surface area contributed by atoms with Gasteiger partial charge in [-0.3, -0.25) is 4.79 Å². The molecule has 1 N–H and O–H groups in total. The van der Waals surface area contributed by atoms with Crippen LogP contribution in [0.5, 0.6) is 5.75 Å². The van der Waals surface area contributed by atoms with Crippen molar-refractivity contribution >= 4 is 22.4 Å². The van der Waals surface area contributed by atoms with Crippen LogP contribution in [0, 0.1) is 18.8 Å². The smallest absolute Gasteiger partial charge is 0.296 e. The molecule has 5 nitrogen and oxygen atoms in total. The minimum absolute atomic E-state index is 0.117. The Labute approximate surface area is 145 Å². The van der Waals surface area contributed by atoms with Gasteiger partial charge in [-0.15, -0.1) is 11.3 Å². The predicted octanol–water partition coefficient (Wildman–Crippen LogP) is 2.21. The van der Waals surface area contributed by atoms with E-state index in [1.165, 1.54) is 4.88 Å². The van der Waals surface area contributed by atoms with Crippen molar-refractivity contribution < 1.29 is 9.53 Å². The van der Waals surface area contributed by atoms with Gasteiger partial charge < -0.3 is 15.0 Å². The maximum atomic E-state index is 12.0. The first-order chi connectivity index (χ1) is 11.6. The first kappa shape index (κ1) is 16.3. The summed E-state index contributed by atoms with van der Waals surface area (Å²) >= 11 is 1.68. The van der Waals surface area contributed by atoms with Gasteiger partial charge in [0.2, 0.25) is 0 Å². The van der Waals surface area contributed by atoms with E-state index in [4.69, 9.17) is 4.74 Å². The van der Waals surface area contributed by atoms with Crippen LogP contribution in [0.1, 0.15) is 16.9 Å². The molecule has 24 heavy (non-hydrogen) atoms. The molecule has 0 aliphatic carbocycles. The summed E-state index contributed by atoms with van der Waals surface area (Å²) in [5.74, 6) is 6.05. The fraction of sp³-hybridized carbons (Fsp3) is 0.333. The summed E-state index contributed by atoms with van der Waals surface area (Å²) in [5, 5.41) is 4.00. The quantitative estimate of drug-likeness (QED) is 0.870. The van der Waals surface area contributed by atoms with E-state index in [9.17, 15) is 4.79 Å². The molecule has 1 aliphatic heterocycles. The van der Waals surface area contributed by atoms with Gasteiger partial charge in [0, 0.05) is 41.7 Å². The lowest BCUT2D eigenvalue weighted by molar-refractivity contribution is -0.116. The number of ether oxygens (including phenoxy) is 1. The van der Waals surface area contributed by atoms with Crippen molar-refractivity contribution in [2.24, 2.45) is 0 Å². The van der Waals surface area contributed by atoms with Gasteiger partial charge >= 0.3 is 0 Å².